The van der Waals surface area contributed by atoms with Gasteiger partial charge in [-0.05, 0) is 19.3 Å². The summed E-state index contributed by atoms with van der Waals surface area (Å²) in [7, 11) is 1.56. The number of aliphatic hydroxyl groups excluding tert-OH is 2. The fourth-order valence-corrected chi connectivity index (χ4v) is 1.37. The highest BCUT2D eigenvalue weighted by Gasteiger charge is 2.29. The van der Waals surface area contributed by atoms with Gasteiger partial charge in [0.15, 0.2) is 0 Å². The molecule has 0 bridgehead atoms. The molecule has 0 aromatic carbocycles. The van der Waals surface area contributed by atoms with Crippen LogP contribution < -0.4 is 0 Å². The molecule has 60 valence electrons. The van der Waals surface area contributed by atoms with Gasteiger partial charge in [0.2, 0.25) is 0 Å². The maximum atomic E-state index is 9.26. The second-order valence-corrected chi connectivity index (χ2v) is 2.76. The highest BCUT2D eigenvalue weighted by molar-refractivity contribution is 4.81. The Hall–Kier alpha value is -0.120. The number of hydrogen-bond donors (Lipinski definition) is 2. The Morgan fingerprint density at radius 2 is 2.00 bits per heavy atom. The summed E-state index contributed by atoms with van der Waals surface area (Å²) in [5.74, 6) is 0. The molecule has 3 nitrogen and oxygen atoms in total. The molecule has 10 heavy (non-hydrogen) atoms. The fourth-order valence-electron chi connectivity index (χ4n) is 1.37. The Bertz CT molecular complexity index is 105. The zero-order valence-electron chi connectivity index (χ0n) is 6.16. The van der Waals surface area contributed by atoms with Crippen molar-refractivity contribution in [2.24, 2.45) is 0 Å². The molecule has 0 heterocycles. The van der Waals surface area contributed by atoms with E-state index >= 15 is 0 Å². The number of methoxy groups -OCH3 is 1. The van der Waals surface area contributed by atoms with Crippen molar-refractivity contribution < 1.29 is 14.9 Å². The molecule has 0 saturated heterocycles. The minimum absolute atomic E-state index is 0.163. The Morgan fingerprint density at radius 3 is 2.50 bits per heavy atom. The lowest BCUT2D eigenvalue weighted by atomic mass is 9.92. The summed E-state index contributed by atoms with van der Waals surface area (Å²) in [5.41, 5.74) is 0. The lowest BCUT2D eigenvalue weighted by Crippen LogP contribution is -2.41. The smallest absolute Gasteiger partial charge is 0.106 e. The van der Waals surface area contributed by atoms with Crippen molar-refractivity contribution in [3.8, 4) is 0 Å². The van der Waals surface area contributed by atoms with Crippen LogP contribution in [-0.2, 0) is 4.74 Å². The number of aliphatic hydroxyl groups is 2. The monoisotopic (exact) mass is 146 g/mol. The summed E-state index contributed by atoms with van der Waals surface area (Å²) < 4.78 is 4.96. The summed E-state index contributed by atoms with van der Waals surface area (Å²) >= 11 is 0. The maximum Gasteiger partial charge on any atom is 0.106 e. The van der Waals surface area contributed by atoms with Crippen molar-refractivity contribution in [3.63, 3.8) is 0 Å². The third-order valence-corrected chi connectivity index (χ3v) is 2.07. The van der Waals surface area contributed by atoms with Gasteiger partial charge < -0.3 is 14.9 Å². The zero-order chi connectivity index (χ0) is 7.56. The van der Waals surface area contributed by atoms with Gasteiger partial charge in [-0.25, -0.2) is 0 Å². The third-order valence-electron chi connectivity index (χ3n) is 2.07. The van der Waals surface area contributed by atoms with Crippen molar-refractivity contribution in [1.29, 1.82) is 0 Å². The van der Waals surface area contributed by atoms with Gasteiger partial charge in [-0.1, -0.05) is 0 Å². The summed E-state index contributed by atoms with van der Waals surface area (Å²) in [6.07, 6.45) is 1.06. The molecule has 0 radical (unpaired) electrons. The van der Waals surface area contributed by atoms with Gasteiger partial charge in [0.1, 0.15) is 6.10 Å². The van der Waals surface area contributed by atoms with E-state index in [1.807, 2.05) is 0 Å². The van der Waals surface area contributed by atoms with Gasteiger partial charge >= 0.3 is 0 Å². The van der Waals surface area contributed by atoms with Gasteiger partial charge in [-0.15, -0.1) is 0 Å². The van der Waals surface area contributed by atoms with Crippen LogP contribution in [0.25, 0.3) is 0 Å². The van der Waals surface area contributed by atoms with E-state index in [-0.39, 0.29) is 6.10 Å². The number of ether oxygens (including phenoxy) is 1. The molecule has 1 rings (SSSR count). The summed E-state index contributed by atoms with van der Waals surface area (Å²) in [4.78, 5) is 0. The van der Waals surface area contributed by atoms with Crippen LogP contribution in [0, 0.1) is 0 Å². The molecule has 0 aromatic heterocycles. The Kier molecular flexibility index (Phi) is 2.65. The molecule has 3 heteroatoms. The van der Waals surface area contributed by atoms with Crippen LogP contribution in [0.15, 0.2) is 0 Å². The second kappa shape index (κ2) is 3.32. The summed E-state index contributed by atoms with van der Waals surface area (Å²) in [6.45, 7) is 0. The number of rotatable bonds is 1. The molecule has 1 aliphatic carbocycles. The highest BCUT2D eigenvalue weighted by Crippen LogP contribution is 2.20. The first-order valence-corrected chi connectivity index (χ1v) is 3.64. The van der Waals surface area contributed by atoms with Crippen LogP contribution in [0.5, 0.6) is 0 Å². The predicted molar refractivity (Wildman–Crippen MR) is 36.7 cm³/mol. The van der Waals surface area contributed by atoms with Crippen molar-refractivity contribution in [1.82, 2.24) is 0 Å². The standard InChI is InChI=1S/C7H14O3/c1-10-6-4-2-3-5(8)7(6)9/h5-9H,2-4H2,1H3/t5-,6-,7-/m0/s1. The maximum absolute atomic E-state index is 9.26. The van der Waals surface area contributed by atoms with Gasteiger partial charge in [0.05, 0.1) is 12.2 Å². The van der Waals surface area contributed by atoms with E-state index in [0.717, 1.165) is 12.8 Å². The molecular formula is C7H14O3. The lowest BCUT2D eigenvalue weighted by molar-refractivity contribution is -0.0993. The van der Waals surface area contributed by atoms with Crippen LogP contribution in [0.3, 0.4) is 0 Å². The largest absolute Gasteiger partial charge is 0.390 e. The molecule has 0 aromatic rings. The molecule has 1 saturated carbocycles. The van der Waals surface area contributed by atoms with E-state index in [2.05, 4.69) is 0 Å². The minimum atomic E-state index is -0.682. The molecule has 1 aliphatic rings. The first-order valence-electron chi connectivity index (χ1n) is 3.64. The first kappa shape index (κ1) is 7.98. The average molecular weight is 146 g/mol. The van der Waals surface area contributed by atoms with Crippen molar-refractivity contribution in [2.45, 2.75) is 37.6 Å². The van der Waals surface area contributed by atoms with E-state index < -0.39 is 12.2 Å². The van der Waals surface area contributed by atoms with Crippen LogP contribution in [0.1, 0.15) is 19.3 Å². The molecular weight excluding hydrogens is 132 g/mol. The predicted octanol–water partition coefficient (Wildman–Crippen LogP) is -0.0929. The molecule has 0 spiro atoms. The minimum Gasteiger partial charge on any atom is -0.390 e. The van der Waals surface area contributed by atoms with Gasteiger partial charge in [-0.3, -0.25) is 0 Å². The highest BCUT2D eigenvalue weighted by atomic mass is 16.5. The quantitative estimate of drug-likeness (QED) is 0.543. The van der Waals surface area contributed by atoms with Gasteiger partial charge in [0, 0.05) is 7.11 Å². The molecule has 0 aliphatic heterocycles. The SMILES string of the molecule is CO[C@H]1CCC[C@H](O)[C@@H]1O. The van der Waals surface area contributed by atoms with Crippen LogP contribution in [0.2, 0.25) is 0 Å². The molecule has 0 unspecified atom stereocenters. The van der Waals surface area contributed by atoms with Gasteiger partial charge in [-0.2, -0.15) is 0 Å². The summed E-state index contributed by atoms with van der Waals surface area (Å²) in [6, 6.07) is 0. The van der Waals surface area contributed by atoms with Crippen LogP contribution >= 0.6 is 0 Å². The normalized spacial score (nSPS) is 41.7. The van der Waals surface area contributed by atoms with E-state index in [0.29, 0.717) is 6.42 Å². The third kappa shape index (κ3) is 1.48. The van der Waals surface area contributed by atoms with Crippen molar-refractivity contribution in [2.75, 3.05) is 7.11 Å². The average Bonchev–Trinajstić information content (AvgIpc) is 1.95. The molecule has 2 N–H and O–H groups in total. The molecule has 1 fully saturated rings. The van der Waals surface area contributed by atoms with E-state index in [1.165, 1.54) is 0 Å². The topological polar surface area (TPSA) is 49.7 Å². The zero-order valence-corrected chi connectivity index (χ0v) is 6.16. The van der Waals surface area contributed by atoms with Crippen molar-refractivity contribution in [3.05, 3.63) is 0 Å². The molecule has 0 amide bonds. The van der Waals surface area contributed by atoms with E-state index in [1.54, 1.807) is 7.11 Å². The Balaban J connectivity index is 2.42. The van der Waals surface area contributed by atoms with Gasteiger partial charge in [0.25, 0.3) is 0 Å². The summed E-state index contributed by atoms with van der Waals surface area (Å²) in [5, 5.41) is 18.4. The van der Waals surface area contributed by atoms with Crippen LogP contribution in [0.4, 0.5) is 0 Å². The van der Waals surface area contributed by atoms with E-state index in [4.69, 9.17) is 9.84 Å². The van der Waals surface area contributed by atoms with E-state index in [9.17, 15) is 5.11 Å². The van der Waals surface area contributed by atoms with Crippen LogP contribution in [-0.4, -0.2) is 35.6 Å². The fraction of sp³-hybridized carbons (Fsp3) is 1.00. The number of hydrogen-bond acceptors (Lipinski definition) is 3. The second-order valence-electron chi connectivity index (χ2n) is 2.76. The lowest BCUT2D eigenvalue weighted by Gasteiger charge is -2.30. The van der Waals surface area contributed by atoms with Crippen molar-refractivity contribution >= 4 is 0 Å². The molecule has 3 atom stereocenters. The Morgan fingerprint density at radius 1 is 1.30 bits per heavy atom. The first-order chi connectivity index (χ1) is 4.75. The Labute approximate surface area is 60.6 Å².